The molecule has 0 aromatic carbocycles. The van der Waals surface area contributed by atoms with Gasteiger partial charge in [-0.1, -0.05) is 0 Å². The van der Waals surface area contributed by atoms with E-state index in [9.17, 15) is 4.79 Å². The molecule has 0 spiro atoms. The minimum absolute atomic E-state index is 0.0459. The van der Waals surface area contributed by atoms with Gasteiger partial charge in [-0.3, -0.25) is 4.79 Å². The number of carbonyl (C=O) groups is 1. The fourth-order valence-corrected chi connectivity index (χ4v) is 2.26. The van der Waals surface area contributed by atoms with Crippen LogP contribution in [0.1, 0.15) is 46.4 Å². The highest BCUT2D eigenvalue weighted by Gasteiger charge is 2.31. The van der Waals surface area contributed by atoms with Crippen molar-refractivity contribution in [3.8, 4) is 0 Å². The van der Waals surface area contributed by atoms with Crippen LogP contribution in [0, 0.1) is 0 Å². The van der Waals surface area contributed by atoms with Crippen LogP contribution in [0.15, 0.2) is 12.4 Å². The van der Waals surface area contributed by atoms with Crippen LogP contribution in [-0.4, -0.2) is 38.5 Å². The van der Waals surface area contributed by atoms with Crippen molar-refractivity contribution < 1.29 is 4.79 Å². The Labute approximate surface area is 121 Å². The summed E-state index contributed by atoms with van der Waals surface area (Å²) in [4.78, 5) is 18.7. The summed E-state index contributed by atoms with van der Waals surface area (Å²) < 4.78 is 1.95. The van der Waals surface area contributed by atoms with Crippen molar-refractivity contribution >= 4 is 5.91 Å². The maximum Gasteiger partial charge on any atom is 0.242 e. The number of carbonyl (C=O) groups excluding carboxylic acids is 1. The van der Waals surface area contributed by atoms with Crippen LogP contribution in [0.5, 0.6) is 0 Å². The Morgan fingerprint density at radius 1 is 1.50 bits per heavy atom. The SMILES string of the molecule is CCN(C(=O)Cn1ccnc1CNC(C)(C)C)C1CC1. The van der Waals surface area contributed by atoms with Crippen LogP contribution in [0.3, 0.4) is 0 Å². The molecule has 0 aliphatic heterocycles. The first kappa shape index (κ1) is 15.0. The van der Waals surface area contributed by atoms with Gasteiger partial charge in [-0.2, -0.15) is 0 Å². The molecule has 2 rings (SSSR count). The number of nitrogens with zero attached hydrogens (tertiary/aromatic N) is 3. The van der Waals surface area contributed by atoms with E-state index in [-0.39, 0.29) is 11.4 Å². The van der Waals surface area contributed by atoms with E-state index in [0.29, 0.717) is 19.1 Å². The monoisotopic (exact) mass is 278 g/mol. The maximum absolute atomic E-state index is 12.3. The minimum Gasteiger partial charge on any atom is -0.338 e. The van der Waals surface area contributed by atoms with E-state index in [1.165, 1.54) is 0 Å². The van der Waals surface area contributed by atoms with E-state index in [4.69, 9.17) is 0 Å². The zero-order valence-electron chi connectivity index (χ0n) is 13.0. The normalized spacial score (nSPS) is 15.4. The molecule has 1 aliphatic carbocycles. The Hall–Kier alpha value is -1.36. The highest BCUT2D eigenvalue weighted by atomic mass is 16.2. The van der Waals surface area contributed by atoms with Crippen LogP contribution in [-0.2, 0) is 17.9 Å². The molecular formula is C15H26N4O. The van der Waals surface area contributed by atoms with E-state index >= 15 is 0 Å². The van der Waals surface area contributed by atoms with E-state index in [2.05, 4.69) is 31.1 Å². The van der Waals surface area contributed by atoms with Crippen LogP contribution in [0.4, 0.5) is 0 Å². The second-order valence-corrected chi connectivity index (χ2v) is 6.49. The fraction of sp³-hybridized carbons (Fsp3) is 0.733. The second kappa shape index (κ2) is 5.95. The Morgan fingerprint density at radius 3 is 2.75 bits per heavy atom. The molecular weight excluding hydrogens is 252 g/mol. The van der Waals surface area contributed by atoms with E-state index < -0.39 is 0 Å². The van der Waals surface area contributed by atoms with Gasteiger partial charge in [0.1, 0.15) is 12.4 Å². The predicted molar refractivity (Wildman–Crippen MR) is 79.2 cm³/mol. The van der Waals surface area contributed by atoms with Crippen molar-refractivity contribution in [2.75, 3.05) is 6.54 Å². The fourth-order valence-electron chi connectivity index (χ4n) is 2.26. The van der Waals surface area contributed by atoms with Crippen molar-refractivity contribution in [1.82, 2.24) is 19.8 Å². The van der Waals surface area contributed by atoms with Crippen LogP contribution >= 0.6 is 0 Å². The van der Waals surface area contributed by atoms with Gasteiger partial charge in [0.15, 0.2) is 0 Å². The summed E-state index contributed by atoms with van der Waals surface area (Å²) >= 11 is 0. The van der Waals surface area contributed by atoms with E-state index in [1.807, 2.05) is 22.6 Å². The van der Waals surface area contributed by atoms with E-state index in [1.54, 1.807) is 6.20 Å². The van der Waals surface area contributed by atoms with Gasteiger partial charge in [0.2, 0.25) is 5.91 Å². The summed E-state index contributed by atoms with van der Waals surface area (Å²) in [5, 5.41) is 3.41. The van der Waals surface area contributed by atoms with Crippen molar-refractivity contribution in [1.29, 1.82) is 0 Å². The molecule has 1 amide bonds. The van der Waals surface area contributed by atoms with Gasteiger partial charge in [0.05, 0.1) is 6.54 Å². The molecule has 0 bridgehead atoms. The molecule has 1 heterocycles. The van der Waals surface area contributed by atoms with Gasteiger partial charge in [-0.15, -0.1) is 0 Å². The third-order valence-electron chi connectivity index (χ3n) is 3.53. The molecule has 1 aromatic rings. The Kier molecular flexibility index (Phi) is 4.48. The molecule has 112 valence electrons. The smallest absolute Gasteiger partial charge is 0.242 e. The molecule has 0 radical (unpaired) electrons. The average molecular weight is 278 g/mol. The number of nitrogens with one attached hydrogen (secondary N) is 1. The number of rotatable bonds is 6. The Morgan fingerprint density at radius 2 is 2.20 bits per heavy atom. The Bertz CT molecular complexity index is 457. The van der Waals surface area contributed by atoms with Crippen LogP contribution in [0.2, 0.25) is 0 Å². The van der Waals surface area contributed by atoms with Crippen molar-refractivity contribution in [2.24, 2.45) is 0 Å². The summed E-state index contributed by atoms with van der Waals surface area (Å²) in [6, 6.07) is 0.479. The summed E-state index contributed by atoms with van der Waals surface area (Å²) in [6.07, 6.45) is 5.96. The number of imidazole rings is 1. The first-order chi connectivity index (χ1) is 9.40. The standard InChI is InChI=1S/C15H26N4O/c1-5-19(12-6-7-12)14(20)11-18-9-8-16-13(18)10-17-15(2,3)4/h8-9,12,17H,5-7,10-11H2,1-4H3. The molecule has 5 heteroatoms. The van der Waals surface area contributed by atoms with Crippen molar-refractivity contribution in [3.63, 3.8) is 0 Å². The molecule has 0 saturated heterocycles. The molecule has 0 unspecified atom stereocenters. The van der Waals surface area contributed by atoms with Gasteiger partial charge in [0, 0.05) is 30.5 Å². The van der Waals surface area contributed by atoms with Gasteiger partial charge < -0.3 is 14.8 Å². The average Bonchev–Trinajstić information content (AvgIpc) is 3.08. The van der Waals surface area contributed by atoms with E-state index in [0.717, 1.165) is 25.2 Å². The van der Waals surface area contributed by atoms with Gasteiger partial charge in [0.25, 0.3) is 0 Å². The largest absolute Gasteiger partial charge is 0.338 e. The topological polar surface area (TPSA) is 50.2 Å². The Balaban J connectivity index is 1.95. The highest BCUT2D eigenvalue weighted by Crippen LogP contribution is 2.26. The number of amides is 1. The lowest BCUT2D eigenvalue weighted by molar-refractivity contribution is -0.132. The number of hydrogen-bond acceptors (Lipinski definition) is 3. The van der Waals surface area contributed by atoms with Gasteiger partial charge in [-0.25, -0.2) is 4.98 Å². The summed E-state index contributed by atoms with van der Waals surface area (Å²) in [6.45, 7) is 10.3. The first-order valence-electron chi connectivity index (χ1n) is 7.45. The van der Waals surface area contributed by atoms with Gasteiger partial charge >= 0.3 is 0 Å². The van der Waals surface area contributed by atoms with Crippen LogP contribution in [0.25, 0.3) is 0 Å². The molecule has 0 atom stereocenters. The summed E-state index contributed by atoms with van der Waals surface area (Å²) in [7, 11) is 0. The van der Waals surface area contributed by atoms with Crippen molar-refractivity contribution in [2.45, 2.75) is 65.2 Å². The van der Waals surface area contributed by atoms with Gasteiger partial charge in [-0.05, 0) is 40.5 Å². The molecule has 1 N–H and O–H groups in total. The lowest BCUT2D eigenvalue weighted by Crippen LogP contribution is -2.38. The first-order valence-corrected chi connectivity index (χ1v) is 7.45. The lowest BCUT2D eigenvalue weighted by atomic mass is 10.1. The summed E-state index contributed by atoms with van der Waals surface area (Å²) in [5.41, 5.74) is 0.0459. The molecule has 5 nitrogen and oxygen atoms in total. The molecule has 1 saturated carbocycles. The summed E-state index contributed by atoms with van der Waals surface area (Å²) in [5.74, 6) is 1.12. The molecule has 20 heavy (non-hydrogen) atoms. The quantitative estimate of drug-likeness (QED) is 0.863. The molecule has 1 aromatic heterocycles. The number of hydrogen-bond donors (Lipinski definition) is 1. The number of likely N-dealkylation sites (N-methyl/N-ethyl adjacent to an activating group) is 1. The molecule has 1 fully saturated rings. The zero-order chi connectivity index (χ0) is 14.8. The second-order valence-electron chi connectivity index (χ2n) is 6.49. The highest BCUT2D eigenvalue weighted by molar-refractivity contribution is 5.76. The predicted octanol–water partition coefficient (Wildman–Crippen LogP) is 1.78. The third kappa shape index (κ3) is 4.07. The maximum atomic E-state index is 12.3. The lowest BCUT2D eigenvalue weighted by Gasteiger charge is -2.22. The third-order valence-corrected chi connectivity index (χ3v) is 3.53. The molecule has 1 aliphatic rings. The number of aromatic nitrogens is 2. The minimum atomic E-state index is 0.0459. The zero-order valence-corrected chi connectivity index (χ0v) is 13.0. The van der Waals surface area contributed by atoms with Crippen molar-refractivity contribution in [3.05, 3.63) is 18.2 Å². The van der Waals surface area contributed by atoms with Crippen LogP contribution < -0.4 is 5.32 Å².